The van der Waals surface area contributed by atoms with Crippen LogP contribution < -0.4 is 10.6 Å². The summed E-state index contributed by atoms with van der Waals surface area (Å²) in [5.74, 6) is -1.60. The Morgan fingerprint density at radius 3 is 2.50 bits per heavy atom. The van der Waals surface area contributed by atoms with E-state index >= 15 is 0 Å². The van der Waals surface area contributed by atoms with Crippen molar-refractivity contribution in [2.75, 3.05) is 5.32 Å². The monoisotopic (exact) mass is 312 g/mol. The molecule has 0 radical (unpaired) electrons. The van der Waals surface area contributed by atoms with E-state index in [0.717, 1.165) is 18.2 Å². The first kappa shape index (κ1) is 15.6. The maximum atomic E-state index is 12.5. The number of hydrogen-bond acceptors (Lipinski definition) is 3. The Hall–Kier alpha value is -2.77. The van der Waals surface area contributed by atoms with Gasteiger partial charge >= 0.3 is 18.0 Å². The summed E-state index contributed by atoms with van der Waals surface area (Å²) in [6.45, 7) is 0.00183. The van der Waals surface area contributed by atoms with Crippen LogP contribution in [-0.4, -0.2) is 11.8 Å². The van der Waals surface area contributed by atoms with Crippen LogP contribution in [-0.2, 0) is 22.3 Å². The molecule has 1 aromatic carbocycles. The SMILES string of the molecule is O=C(NCc1ccco1)C(=O)Nc1cccc(C(F)(F)F)c1. The van der Waals surface area contributed by atoms with Gasteiger partial charge in [-0.1, -0.05) is 6.07 Å². The predicted molar refractivity (Wildman–Crippen MR) is 70.6 cm³/mol. The van der Waals surface area contributed by atoms with Crippen LogP contribution in [0.4, 0.5) is 18.9 Å². The highest BCUT2D eigenvalue weighted by molar-refractivity contribution is 6.39. The van der Waals surface area contributed by atoms with Crippen molar-refractivity contribution in [2.24, 2.45) is 0 Å². The number of carbonyl (C=O) groups is 2. The highest BCUT2D eigenvalue weighted by Gasteiger charge is 2.30. The average molecular weight is 312 g/mol. The molecule has 0 bridgehead atoms. The molecule has 0 atom stereocenters. The molecule has 0 saturated carbocycles. The zero-order chi connectivity index (χ0) is 16.2. The second kappa shape index (κ2) is 6.33. The van der Waals surface area contributed by atoms with E-state index in [0.29, 0.717) is 5.76 Å². The molecule has 5 nitrogen and oxygen atoms in total. The Kier molecular flexibility index (Phi) is 4.50. The Labute approximate surface area is 123 Å². The molecule has 0 unspecified atom stereocenters. The van der Waals surface area contributed by atoms with E-state index in [9.17, 15) is 22.8 Å². The number of rotatable bonds is 3. The van der Waals surface area contributed by atoms with Gasteiger partial charge in [-0.25, -0.2) is 0 Å². The number of hydrogen-bond donors (Lipinski definition) is 2. The zero-order valence-electron chi connectivity index (χ0n) is 11.1. The van der Waals surface area contributed by atoms with E-state index in [1.807, 2.05) is 0 Å². The van der Waals surface area contributed by atoms with Gasteiger partial charge in [0, 0.05) is 5.69 Å². The molecule has 2 aromatic rings. The molecule has 1 heterocycles. The molecule has 22 heavy (non-hydrogen) atoms. The Morgan fingerprint density at radius 1 is 1.09 bits per heavy atom. The summed E-state index contributed by atoms with van der Waals surface area (Å²) in [6.07, 6.45) is -3.12. The second-order valence-electron chi connectivity index (χ2n) is 4.29. The van der Waals surface area contributed by atoms with Gasteiger partial charge in [-0.3, -0.25) is 9.59 Å². The molecule has 0 aliphatic rings. The standard InChI is InChI=1S/C14H11F3N2O3/c15-14(16,17)9-3-1-4-10(7-9)19-13(21)12(20)18-8-11-5-2-6-22-11/h1-7H,8H2,(H,18,20)(H,19,21). The summed E-state index contributed by atoms with van der Waals surface area (Å²) in [5, 5.41) is 4.39. The number of carbonyl (C=O) groups excluding carboxylic acids is 2. The molecule has 2 amide bonds. The second-order valence-corrected chi connectivity index (χ2v) is 4.29. The van der Waals surface area contributed by atoms with E-state index in [-0.39, 0.29) is 12.2 Å². The van der Waals surface area contributed by atoms with Crippen molar-refractivity contribution >= 4 is 17.5 Å². The van der Waals surface area contributed by atoms with Gasteiger partial charge in [0.1, 0.15) is 5.76 Å². The third-order valence-corrected chi connectivity index (χ3v) is 2.66. The molecule has 0 spiro atoms. The quantitative estimate of drug-likeness (QED) is 0.856. The molecule has 0 aliphatic carbocycles. The Morgan fingerprint density at radius 2 is 1.86 bits per heavy atom. The first-order valence-corrected chi connectivity index (χ1v) is 6.15. The van der Waals surface area contributed by atoms with Crippen molar-refractivity contribution in [2.45, 2.75) is 12.7 Å². The van der Waals surface area contributed by atoms with Gasteiger partial charge in [0.15, 0.2) is 0 Å². The van der Waals surface area contributed by atoms with E-state index in [1.54, 1.807) is 12.1 Å². The van der Waals surface area contributed by atoms with Gasteiger partial charge in [-0.2, -0.15) is 13.2 Å². The molecule has 116 valence electrons. The lowest BCUT2D eigenvalue weighted by Crippen LogP contribution is -2.34. The van der Waals surface area contributed by atoms with E-state index in [2.05, 4.69) is 10.6 Å². The number of anilines is 1. The normalized spacial score (nSPS) is 11.0. The molecule has 1 aromatic heterocycles. The number of benzene rings is 1. The topological polar surface area (TPSA) is 71.3 Å². The predicted octanol–water partition coefficient (Wildman–Crippen LogP) is 2.55. The molecule has 2 rings (SSSR count). The third-order valence-electron chi connectivity index (χ3n) is 2.66. The summed E-state index contributed by atoms with van der Waals surface area (Å²) in [5.41, 5.74) is -1.03. The van der Waals surface area contributed by atoms with Crippen molar-refractivity contribution < 1.29 is 27.2 Å². The number of halogens is 3. The van der Waals surface area contributed by atoms with Crippen LogP contribution in [0.15, 0.2) is 47.1 Å². The summed E-state index contributed by atoms with van der Waals surface area (Å²) in [6, 6.07) is 7.23. The average Bonchev–Trinajstić information content (AvgIpc) is 2.97. The van der Waals surface area contributed by atoms with Gasteiger partial charge in [0.2, 0.25) is 0 Å². The maximum absolute atomic E-state index is 12.5. The number of amides is 2. The first-order chi connectivity index (χ1) is 10.4. The van der Waals surface area contributed by atoms with E-state index in [1.165, 1.54) is 12.3 Å². The Bertz CT molecular complexity index is 666. The van der Waals surface area contributed by atoms with Crippen LogP contribution in [0.5, 0.6) is 0 Å². The number of alkyl halides is 3. The fraction of sp³-hybridized carbons (Fsp3) is 0.143. The van der Waals surface area contributed by atoms with Crippen LogP contribution in [0.25, 0.3) is 0 Å². The van der Waals surface area contributed by atoms with E-state index in [4.69, 9.17) is 4.42 Å². The molecule has 2 N–H and O–H groups in total. The largest absolute Gasteiger partial charge is 0.467 e. The number of furan rings is 1. The maximum Gasteiger partial charge on any atom is 0.416 e. The van der Waals surface area contributed by atoms with Crippen molar-refractivity contribution in [3.05, 3.63) is 54.0 Å². The highest BCUT2D eigenvalue weighted by atomic mass is 19.4. The minimum absolute atomic E-state index is 0.00183. The molecular formula is C14H11F3N2O3. The lowest BCUT2D eigenvalue weighted by Gasteiger charge is -2.09. The smallest absolute Gasteiger partial charge is 0.416 e. The van der Waals surface area contributed by atoms with Crippen LogP contribution >= 0.6 is 0 Å². The fourth-order valence-electron chi connectivity index (χ4n) is 1.62. The third kappa shape index (κ3) is 4.11. The lowest BCUT2D eigenvalue weighted by atomic mass is 10.2. The molecular weight excluding hydrogens is 301 g/mol. The first-order valence-electron chi connectivity index (χ1n) is 6.15. The van der Waals surface area contributed by atoms with Crippen LogP contribution in [0.3, 0.4) is 0 Å². The zero-order valence-corrected chi connectivity index (χ0v) is 11.1. The van der Waals surface area contributed by atoms with Crippen LogP contribution in [0.2, 0.25) is 0 Å². The molecule has 0 aliphatic heterocycles. The molecule has 8 heteroatoms. The van der Waals surface area contributed by atoms with Gasteiger partial charge in [0.05, 0.1) is 18.4 Å². The minimum Gasteiger partial charge on any atom is -0.467 e. The van der Waals surface area contributed by atoms with Crippen molar-refractivity contribution in [3.8, 4) is 0 Å². The summed E-state index contributed by atoms with van der Waals surface area (Å²) in [4.78, 5) is 23.1. The van der Waals surface area contributed by atoms with Gasteiger partial charge in [0.25, 0.3) is 0 Å². The lowest BCUT2D eigenvalue weighted by molar-refractivity contribution is -0.137. The van der Waals surface area contributed by atoms with Crippen LogP contribution in [0.1, 0.15) is 11.3 Å². The van der Waals surface area contributed by atoms with Gasteiger partial charge < -0.3 is 15.1 Å². The van der Waals surface area contributed by atoms with E-state index < -0.39 is 23.6 Å². The summed E-state index contributed by atoms with van der Waals surface area (Å²) < 4.78 is 42.6. The van der Waals surface area contributed by atoms with Crippen molar-refractivity contribution in [3.63, 3.8) is 0 Å². The van der Waals surface area contributed by atoms with Crippen LogP contribution in [0, 0.1) is 0 Å². The van der Waals surface area contributed by atoms with Gasteiger partial charge in [-0.05, 0) is 30.3 Å². The molecule has 0 saturated heterocycles. The van der Waals surface area contributed by atoms with Crippen molar-refractivity contribution in [1.82, 2.24) is 5.32 Å². The summed E-state index contributed by atoms with van der Waals surface area (Å²) >= 11 is 0. The Balaban J connectivity index is 1.95. The minimum atomic E-state index is -4.53. The fourth-order valence-corrected chi connectivity index (χ4v) is 1.62. The molecule has 0 fully saturated rings. The van der Waals surface area contributed by atoms with Crippen molar-refractivity contribution in [1.29, 1.82) is 0 Å². The van der Waals surface area contributed by atoms with Gasteiger partial charge in [-0.15, -0.1) is 0 Å². The summed E-state index contributed by atoms with van der Waals surface area (Å²) in [7, 11) is 0. The number of nitrogens with one attached hydrogen (secondary N) is 2. The highest BCUT2D eigenvalue weighted by Crippen LogP contribution is 2.30.